The van der Waals surface area contributed by atoms with Crippen LogP contribution in [0.4, 0.5) is 0 Å². The molecule has 1 N–H and O–H groups in total. The van der Waals surface area contributed by atoms with Crippen molar-refractivity contribution in [1.82, 2.24) is 14.5 Å². The van der Waals surface area contributed by atoms with Gasteiger partial charge in [-0.2, -0.15) is 0 Å². The van der Waals surface area contributed by atoms with Crippen molar-refractivity contribution in [2.45, 2.75) is 46.0 Å². The number of aliphatic imine (C=N–C) groups is 1. The lowest BCUT2D eigenvalue weighted by atomic mass is 9.87. The number of sulfonamides is 1. The van der Waals surface area contributed by atoms with E-state index in [0.717, 1.165) is 50.3 Å². The lowest BCUT2D eigenvalue weighted by molar-refractivity contribution is 0.272. The van der Waals surface area contributed by atoms with Crippen molar-refractivity contribution in [3.63, 3.8) is 0 Å². The van der Waals surface area contributed by atoms with Crippen molar-refractivity contribution < 1.29 is 8.42 Å². The van der Waals surface area contributed by atoms with Crippen molar-refractivity contribution in [3.05, 3.63) is 0 Å². The van der Waals surface area contributed by atoms with Gasteiger partial charge in [-0.25, -0.2) is 12.7 Å². The van der Waals surface area contributed by atoms with Gasteiger partial charge in [0.15, 0.2) is 5.96 Å². The molecular formula is C18H37IN4O2S. The van der Waals surface area contributed by atoms with Crippen molar-refractivity contribution in [1.29, 1.82) is 0 Å². The summed E-state index contributed by atoms with van der Waals surface area (Å²) in [5.74, 6) is 3.14. The van der Waals surface area contributed by atoms with Crippen LogP contribution in [0.25, 0.3) is 0 Å². The summed E-state index contributed by atoms with van der Waals surface area (Å²) in [7, 11) is -1.18. The summed E-state index contributed by atoms with van der Waals surface area (Å²) < 4.78 is 24.8. The first-order chi connectivity index (χ1) is 11.9. The van der Waals surface area contributed by atoms with E-state index < -0.39 is 10.0 Å². The standard InChI is InChI=1S/C18H36N4O2S.HI/c1-5-16(6-2)17-9-10-21(14-17)18(19-3)20-13-15-7-11-22(12-8-15)25(4,23)24;/h15-17H,5-14H2,1-4H3,(H,19,20);1H. The van der Waals surface area contributed by atoms with Gasteiger partial charge in [-0.05, 0) is 37.0 Å². The Morgan fingerprint density at radius 2 is 1.77 bits per heavy atom. The van der Waals surface area contributed by atoms with Crippen LogP contribution in [0.15, 0.2) is 4.99 Å². The van der Waals surface area contributed by atoms with Gasteiger partial charge < -0.3 is 10.2 Å². The summed E-state index contributed by atoms with van der Waals surface area (Å²) in [5, 5.41) is 3.54. The van der Waals surface area contributed by atoms with E-state index in [2.05, 4.69) is 29.1 Å². The van der Waals surface area contributed by atoms with Gasteiger partial charge in [0.1, 0.15) is 0 Å². The Balaban J connectivity index is 0.00000338. The average Bonchev–Trinajstić information content (AvgIpc) is 3.06. The molecule has 0 bridgehead atoms. The Labute approximate surface area is 177 Å². The molecule has 2 fully saturated rings. The molecule has 1 atom stereocenters. The Morgan fingerprint density at radius 3 is 2.27 bits per heavy atom. The molecule has 0 radical (unpaired) electrons. The Morgan fingerprint density at radius 1 is 1.15 bits per heavy atom. The molecule has 8 heteroatoms. The van der Waals surface area contributed by atoms with Crippen molar-refractivity contribution in [3.8, 4) is 0 Å². The number of nitrogens with zero attached hydrogens (tertiary/aromatic N) is 3. The van der Waals surface area contributed by atoms with Gasteiger partial charge in [0.2, 0.25) is 10.0 Å². The Kier molecular flexibility index (Phi) is 10.2. The fraction of sp³-hybridized carbons (Fsp3) is 0.944. The number of piperidine rings is 1. The molecule has 0 aliphatic carbocycles. The minimum Gasteiger partial charge on any atom is -0.356 e. The van der Waals surface area contributed by atoms with E-state index in [4.69, 9.17) is 0 Å². The number of likely N-dealkylation sites (tertiary alicyclic amines) is 1. The van der Waals surface area contributed by atoms with Crippen molar-refractivity contribution in [2.75, 3.05) is 46.0 Å². The van der Waals surface area contributed by atoms with E-state index in [1.54, 1.807) is 4.31 Å². The van der Waals surface area contributed by atoms with E-state index in [1.165, 1.54) is 25.5 Å². The summed E-state index contributed by atoms with van der Waals surface area (Å²) in [4.78, 5) is 6.88. The maximum absolute atomic E-state index is 11.6. The molecule has 2 rings (SSSR count). The predicted octanol–water partition coefficient (Wildman–Crippen LogP) is 2.61. The summed E-state index contributed by atoms with van der Waals surface area (Å²) in [6.07, 6.45) is 6.94. The molecule has 2 aliphatic rings. The number of rotatable bonds is 6. The van der Waals surface area contributed by atoms with Gasteiger partial charge in [-0.3, -0.25) is 4.99 Å². The lowest BCUT2D eigenvalue weighted by Crippen LogP contribution is -2.45. The van der Waals surface area contributed by atoms with Crippen LogP contribution in [0.3, 0.4) is 0 Å². The van der Waals surface area contributed by atoms with Crippen LogP contribution in [0.1, 0.15) is 46.0 Å². The Hall–Kier alpha value is -0.0900. The van der Waals surface area contributed by atoms with Crippen LogP contribution in [-0.4, -0.2) is 69.6 Å². The smallest absolute Gasteiger partial charge is 0.211 e. The molecule has 154 valence electrons. The molecule has 0 aromatic rings. The van der Waals surface area contributed by atoms with Crippen molar-refractivity contribution in [2.24, 2.45) is 22.7 Å². The number of guanidine groups is 1. The van der Waals surface area contributed by atoms with Crippen LogP contribution in [-0.2, 0) is 10.0 Å². The highest BCUT2D eigenvalue weighted by atomic mass is 127. The number of hydrogen-bond acceptors (Lipinski definition) is 3. The van der Waals surface area contributed by atoms with Crippen LogP contribution in [0.2, 0.25) is 0 Å². The largest absolute Gasteiger partial charge is 0.356 e. The minimum absolute atomic E-state index is 0. The maximum Gasteiger partial charge on any atom is 0.211 e. The van der Waals surface area contributed by atoms with E-state index in [0.29, 0.717) is 19.0 Å². The monoisotopic (exact) mass is 500 g/mol. The lowest BCUT2D eigenvalue weighted by Gasteiger charge is -2.31. The highest BCUT2D eigenvalue weighted by molar-refractivity contribution is 14.0. The van der Waals surface area contributed by atoms with Crippen LogP contribution in [0, 0.1) is 17.8 Å². The zero-order valence-corrected chi connectivity index (χ0v) is 19.9. The molecular weight excluding hydrogens is 463 g/mol. The van der Waals surface area contributed by atoms with Crippen LogP contribution in [0.5, 0.6) is 0 Å². The third-order valence-electron chi connectivity index (χ3n) is 6.04. The molecule has 2 saturated heterocycles. The molecule has 0 amide bonds. The fourth-order valence-corrected chi connectivity index (χ4v) is 5.21. The summed E-state index contributed by atoms with van der Waals surface area (Å²) in [5.41, 5.74) is 0. The molecule has 2 aliphatic heterocycles. The summed E-state index contributed by atoms with van der Waals surface area (Å²) in [6.45, 7) is 8.97. The zero-order chi connectivity index (χ0) is 18.4. The van der Waals surface area contributed by atoms with Gasteiger partial charge >= 0.3 is 0 Å². The average molecular weight is 500 g/mol. The summed E-state index contributed by atoms with van der Waals surface area (Å²) in [6, 6.07) is 0. The van der Waals surface area contributed by atoms with Gasteiger partial charge in [0.05, 0.1) is 6.26 Å². The quantitative estimate of drug-likeness (QED) is 0.346. The topological polar surface area (TPSA) is 65.0 Å². The third kappa shape index (κ3) is 6.51. The van der Waals surface area contributed by atoms with Gasteiger partial charge in [0.25, 0.3) is 0 Å². The normalized spacial score (nSPS) is 23.3. The van der Waals surface area contributed by atoms with Gasteiger partial charge in [0, 0.05) is 39.8 Å². The minimum atomic E-state index is -3.04. The second-order valence-electron chi connectivity index (χ2n) is 7.60. The van der Waals surface area contributed by atoms with E-state index in [1.807, 2.05) is 7.05 Å². The number of halogens is 1. The molecule has 0 saturated carbocycles. The molecule has 1 unspecified atom stereocenters. The molecule has 6 nitrogen and oxygen atoms in total. The number of hydrogen-bond donors (Lipinski definition) is 1. The van der Waals surface area contributed by atoms with Gasteiger partial charge in [-0.15, -0.1) is 24.0 Å². The number of nitrogens with one attached hydrogen (secondary N) is 1. The van der Waals surface area contributed by atoms with E-state index in [9.17, 15) is 8.42 Å². The first kappa shape index (κ1) is 23.9. The predicted molar refractivity (Wildman–Crippen MR) is 120 cm³/mol. The molecule has 26 heavy (non-hydrogen) atoms. The Bertz CT molecular complexity index is 543. The zero-order valence-electron chi connectivity index (χ0n) is 16.8. The fourth-order valence-electron chi connectivity index (χ4n) is 4.33. The van der Waals surface area contributed by atoms with Crippen LogP contribution >= 0.6 is 24.0 Å². The molecule has 0 spiro atoms. The first-order valence-corrected chi connectivity index (χ1v) is 11.6. The summed E-state index contributed by atoms with van der Waals surface area (Å²) >= 11 is 0. The second kappa shape index (κ2) is 11.0. The highest BCUT2D eigenvalue weighted by Crippen LogP contribution is 2.28. The van der Waals surface area contributed by atoms with E-state index >= 15 is 0 Å². The second-order valence-corrected chi connectivity index (χ2v) is 9.59. The maximum atomic E-state index is 11.6. The third-order valence-corrected chi connectivity index (χ3v) is 7.35. The SMILES string of the molecule is CCC(CC)C1CCN(C(=NC)NCC2CCN(S(C)(=O)=O)CC2)C1.I. The van der Waals surface area contributed by atoms with Crippen molar-refractivity contribution >= 4 is 40.0 Å². The van der Waals surface area contributed by atoms with E-state index in [-0.39, 0.29) is 24.0 Å². The molecule has 2 heterocycles. The first-order valence-electron chi connectivity index (χ1n) is 9.79. The van der Waals surface area contributed by atoms with Crippen LogP contribution < -0.4 is 5.32 Å². The molecule has 0 aromatic carbocycles. The van der Waals surface area contributed by atoms with Gasteiger partial charge in [-0.1, -0.05) is 26.7 Å². The molecule has 0 aromatic heterocycles. The highest BCUT2D eigenvalue weighted by Gasteiger charge is 2.30.